The molecule has 0 aliphatic carbocycles. The van der Waals surface area contributed by atoms with E-state index < -0.39 is 0 Å². The van der Waals surface area contributed by atoms with Gasteiger partial charge in [-0.05, 0) is 44.0 Å². The molecule has 1 atom stereocenters. The standard InChI is InChI=1S/C11H15ClN4O/c1-11(4-2-5-13-7-11)9(17)15-8-3-6-14-10(12)16-8/h3,6,13H,2,4-5,7H2,1H3,(H,14,15,16,17). The molecule has 5 nitrogen and oxygen atoms in total. The normalized spacial score (nSPS) is 24.4. The predicted octanol–water partition coefficient (Wildman–Crippen LogP) is 1.46. The van der Waals surface area contributed by atoms with Crippen molar-refractivity contribution in [2.75, 3.05) is 18.4 Å². The highest BCUT2D eigenvalue weighted by molar-refractivity contribution is 6.28. The van der Waals surface area contributed by atoms with Gasteiger partial charge in [-0.3, -0.25) is 4.79 Å². The van der Waals surface area contributed by atoms with Crippen molar-refractivity contribution in [3.8, 4) is 0 Å². The highest BCUT2D eigenvalue weighted by atomic mass is 35.5. The van der Waals surface area contributed by atoms with Crippen LogP contribution in [0.3, 0.4) is 0 Å². The van der Waals surface area contributed by atoms with Crippen molar-refractivity contribution in [3.05, 3.63) is 17.5 Å². The maximum atomic E-state index is 12.1. The van der Waals surface area contributed by atoms with Crippen molar-refractivity contribution in [1.82, 2.24) is 15.3 Å². The molecule has 2 heterocycles. The molecule has 1 aromatic heterocycles. The zero-order chi connectivity index (χ0) is 12.3. The van der Waals surface area contributed by atoms with E-state index in [-0.39, 0.29) is 16.6 Å². The summed E-state index contributed by atoms with van der Waals surface area (Å²) in [5, 5.41) is 6.15. The topological polar surface area (TPSA) is 66.9 Å². The third-order valence-corrected chi connectivity index (χ3v) is 3.20. The Hall–Kier alpha value is -1.20. The molecule has 92 valence electrons. The second-order valence-electron chi connectivity index (χ2n) is 4.51. The van der Waals surface area contributed by atoms with Gasteiger partial charge in [0.05, 0.1) is 5.41 Å². The molecule has 17 heavy (non-hydrogen) atoms. The van der Waals surface area contributed by atoms with Crippen LogP contribution in [0.1, 0.15) is 19.8 Å². The van der Waals surface area contributed by atoms with Gasteiger partial charge < -0.3 is 10.6 Å². The summed E-state index contributed by atoms with van der Waals surface area (Å²) in [5.74, 6) is 0.418. The molecule has 0 radical (unpaired) electrons. The van der Waals surface area contributed by atoms with Crippen molar-refractivity contribution in [1.29, 1.82) is 0 Å². The molecule has 0 aromatic carbocycles. The molecular weight excluding hydrogens is 240 g/mol. The average Bonchev–Trinajstić information content (AvgIpc) is 2.30. The Kier molecular flexibility index (Phi) is 3.59. The van der Waals surface area contributed by atoms with Gasteiger partial charge in [0.15, 0.2) is 0 Å². The van der Waals surface area contributed by atoms with E-state index in [0.29, 0.717) is 12.4 Å². The van der Waals surface area contributed by atoms with Gasteiger partial charge in [-0.25, -0.2) is 9.97 Å². The van der Waals surface area contributed by atoms with E-state index in [2.05, 4.69) is 20.6 Å². The number of aromatic nitrogens is 2. The van der Waals surface area contributed by atoms with Crippen molar-refractivity contribution in [2.24, 2.45) is 5.41 Å². The van der Waals surface area contributed by atoms with E-state index in [1.54, 1.807) is 6.07 Å². The van der Waals surface area contributed by atoms with Gasteiger partial charge >= 0.3 is 0 Å². The fourth-order valence-electron chi connectivity index (χ4n) is 1.92. The summed E-state index contributed by atoms with van der Waals surface area (Å²) in [5.41, 5.74) is -0.379. The lowest BCUT2D eigenvalue weighted by atomic mass is 9.82. The van der Waals surface area contributed by atoms with Crippen molar-refractivity contribution < 1.29 is 4.79 Å². The van der Waals surface area contributed by atoms with Gasteiger partial charge in [0.1, 0.15) is 5.82 Å². The molecule has 1 amide bonds. The predicted molar refractivity (Wildman–Crippen MR) is 65.9 cm³/mol. The van der Waals surface area contributed by atoms with Crippen LogP contribution in [0.15, 0.2) is 12.3 Å². The van der Waals surface area contributed by atoms with Crippen LogP contribution in [-0.2, 0) is 4.79 Å². The van der Waals surface area contributed by atoms with Gasteiger partial charge in [0.2, 0.25) is 11.2 Å². The first-order valence-electron chi connectivity index (χ1n) is 5.61. The van der Waals surface area contributed by atoms with Crippen molar-refractivity contribution in [3.63, 3.8) is 0 Å². The van der Waals surface area contributed by atoms with Gasteiger partial charge in [0, 0.05) is 12.7 Å². The molecule has 0 saturated carbocycles. The fraction of sp³-hybridized carbons (Fsp3) is 0.545. The largest absolute Gasteiger partial charge is 0.316 e. The number of nitrogens with zero attached hydrogens (tertiary/aromatic N) is 2. The minimum Gasteiger partial charge on any atom is -0.316 e. The Labute approximate surface area is 105 Å². The number of nitrogens with one attached hydrogen (secondary N) is 2. The number of rotatable bonds is 2. The monoisotopic (exact) mass is 254 g/mol. The number of hydrogen-bond acceptors (Lipinski definition) is 4. The molecule has 1 saturated heterocycles. The Morgan fingerprint density at radius 3 is 3.12 bits per heavy atom. The van der Waals surface area contributed by atoms with E-state index in [4.69, 9.17) is 11.6 Å². The van der Waals surface area contributed by atoms with Crippen LogP contribution in [0, 0.1) is 5.41 Å². The zero-order valence-corrected chi connectivity index (χ0v) is 10.4. The molecule has 2 rings (SSSR count). The quantitative estimate of drug-likeness (QED) is 0.784. The summed E-state index contributed by atoms with van der Waals surface area (Å²) in [6.45, 7) is 3.62. The molecule has 1 unspecified atom stereocenters. The molecule has 1 aliphatic rings. The number of anilines is 1. The van der Waals surface area contributed by atoms with Gasteiger partial charge in [-0.2, -0.15) is 0 Å². The van der Waals surface area contributed by atoms with Crippen LogP contribution < -0.4 is 10.6 Å². The van der Waals surface area contributed by atoms with Gasteiger partial charge in [0.25, 0.3) is 0 Å². The van der Waals surface area contributed by atoms with Crippen LogP contribution in [0.4, 0.5) is 5.82 Å². The highest BCUT2D eigenvalue weighted by Crippen LogP contribution is 2.26. The van der Waals surface area contributed by atoms with Gasteiger partial charge in [-0.1, -0.05) is 0 Å². The second kappa shape index (κ2) is 4.98. The van der Waals surface area contributed by atoms with E-state index in [1.807, 2.05) is 6.92 Å². The van der Waals surface area contributed by atoms with Crippen LogP contribution in [-0.4, -0.2) is 29.0 Å². The number of carbonyl (C=O) groups excluding carboxylic acids is 1. The molecule has 6 heteroatoms. The number of halogens is 1. The Morgan fingerprint density at radius 1 is 1.65 bits per heavy atom. The number of amides is 1. The number of piperidine rings is 1. The fourth-order valence-corrected chi connectivity index (χ4v) is 2.07. The Morgan fingerprint density at radius 2 is 2.47 bits per heavy atom. The lowest BCUT2D eigenvalue weighted by Gasteiger charge is -2.32. The molecule has 0 spiro atoms. The highest BCUT2D eigenvalue weighted by Gasteiger charge is 2.34. The van der Waals surface area contributed by atoms with Crippen LogP contribution >= 0.6 is 11.6 Å². The van der Waals surface area contributed by atoms with Crippen molar-refractivity contribution >= 4 is 23.3 Å². The SMILES string of the molecule is CC1(C(=O)Nc2ccnc(Cl)n2)CCCNC1. The smallest absolute Gasteiger partial charge is 0.232 e. The number of carbonyl (C=O) groups is 1. The molecular formula is C11H15ClN4O. The zero-order valence-electron chi connectivity index (χ0n) is 9.66. The van der Waals surface area contributed by atoms with Gasteiger partial charge in [-0.15, -0.1) is 0 Å². The van der Waals surface area contributed by atoms with Crippen LogP contribution in [0.5, 0.6) is 0 Å². The first kappa shape index (κ1) is 12.3. The summed E-state index contributed by atoms with van der Waals surface area (Å²) in [6.07, 6.45) is 3.41. The van der Waals surface area contributed by atoms with Crippen LogP contribution in [0.2, 0.25) is 5.28 Å². The summed E-state index contributed by atoms with van der Waals surface area (Å²) < 4.78 is 0. The maximum absolute atomic E-state index is 12.1. The molecule has 1 aromatic rings. The molecule has 2 N–H and O–H groups in total. The van der Waals surface area contributed by atoms with E-state index in [1.165, 1.54) is 6.20 Å². The third-order valence-electron chi connectivity index (χ3n) is 3.01. The Bertz CT molecular complexity index is 418. The molecule has 1 aliphatic heterocycles. The Balaban J connectivity index is 2.05. The van der Waals surface area contributed by atoms with E-state index >= 15 is 0 Å². The van der Waals surface area contributed by atoms with E-state index in [0.717, 1.165) is 19.4 Å². The average molecular weight is 255 g/mol. The summed E-state index contributed by atoms with van der Waals surface area (Å²) in [6, 6.07) is 1.63. The number of hydrogen-bond donors (Lipinski definition) is 2. The minimum absolute atomic E-state index is 0.0283. The summed E-state index contributed by atoms with van der Waals surface area (Å²) in [4.78, 5) is 19.9. The minimum atomic E-state index is -0.379. The van der Waals surface area contributed by atoms with Crippen LogP contribution in [0.25, 0.3) is 0 Å². The second-order valence-corrected chi connectivity index (χ2v) is 4.84. The molecule has 1 fully saturated rings. The third kappa shape index (κ3) is 2.92. The summed E-state index contributed by atoms with van der Waals surface area (Å²) >= 11 is 5.66. The first-order valence-corrected chi connectivity index (χ1v) is 5.99. The van der Waals surface area contributed by atoms with E-state index in [9.17, 15) is 4.79 Å². The molecule has 0 bridgehead atoms. The first-order chi connectivity index (χ1) is 8.10. The lowest BCUT2D eigenvalue weighted by Crippen LogP contribution is -2.46. The summed E-state index contributed by atoms with van der Waals surface area (Å²) in [7, 11) is 0. The maximum Gasteiger partial charge on any atom is 0.232 e. The van der Waals surface area contributed by atoms with Crippen molar-refractivity contribution in [2.45, 2.75) is 19.8 Å². The lowest BCUT2D eigenvalue weighted by molar-refractivity contribution is -0.125.